The summed E-state index contributed by atoms with van der Waals surface area (Å²) in [6, 6.07) is 0. The van der Waals surface area contributed by atoms with E-state index in [0.29, 0.717) is 37.0 Å². The lowest BCUT2D eigenvalue weighted by Gasteiger charge is -2.44. The van der Waals surface area contributed by atoms with E-state index in [4.69, 9.17) is 4.74 Å². The summed E-state index contributed by atoms with van der Waals surface area (Å²) >= 11 is 0. The van der Waals surface area contributed by atoms with Gasteiger partial charge in [-0.25, -0.2) is 4.79 Å². The van der Waals surface area contributed by atoms with Crippen LogP contribution >= 0.6 is 0 Å². The summed E-state index contributed by atoms with van der Waals surface area (Å²) in [5, 5.41) is 30.4. The maximum absolute atomic E-state index is 11.9. The molecule has 0 amide bonds. The fraction of sp³-hybridized carbons (Fsp3) is 0.741. The van der Waals surface area contributed by atoms with E-state index in [-0.39, 0.29) is 11.5 Å². The van der Waals surface area contributed by atoms with Crippen LogP contribution in [0.4, 0.5) is 0 Å². The Balaban J connectivity index is 1.47. The highest BCUT2D eigenvalue weighted by Gasteiger charge is 2.52. The van der Waals surface area contributed by atoms with Gasteiger partial charge in [0.25, 0.3) is 0 Å². The molecular weight excluding hydrogens is 404 g/mol. The van der Waals surface area contributed by atoms with Crippen LogP contribution in [0.2, 0.25) is 0 Å². The van der Waals surface area contributed by atoms with E-state index in [1.54, 1.807) is 6.92 Å². The Bertz CT molecular complexity index is 824. The van der Waals surface area contributed by atoms with Gasteiger partial charge in [-0.2, -0.15) is 0 Å². The highest BCUT2D eigenvalue weighted by Crippen LogP contribution is 2.60. The molecule has 5 heteroatoms. The molecule has 0 aromatic carbocycles. The third-order valence-electron chi connectivity index (χ3n) is 8.96. The summed E-state index contributed by atoms with van der Waals surface area (Å²) in [5.74, 6) is 1.06. The number of rotatable bonds is 4. The van der Waals surface area contributed by atoms with Crippen LogP contribution < -0.4 is 0 Å². The highest BCUT2D eigenvalue weighted by molar-refractivity contribution is 5.80. The summed E-state index contributed by atoms with van der Waals surface area (Å²) in [6.45, 7) is 10.3. The van der Waals surface area contributed by atoms with Crippen LogP contribution in [0, 0.1) is 23.2 Å². The van der Waals surface area contributed by atoms with Gasteiger partial charge in [0.15, 0.2) is 5.60 Å². The van der Waals surface area contributed by atoms with Gasteiger partial charge in [-0.15, -0.1) is 0 Å². The molecule has 1 heterocycles. The quantitative estimate of drug-likeness (QED) is 0.565. The van der Waals surface area contributed by atoms with Crippen LogP contribution in [0.1, 0.15) is 78.6 Å². The van der Waals surface area contributed by atoms with E-state index in [1.165, 1.54) is 31.3 Å². The number of hydrogen-bond donors (Lipinski definition) is 3. The molecule has 0 spiro atoms. The van der Waals surface area contributed by atoms with Crippen molar-refractivity contribution in [2.24, 2.45) is 23.2 Å². The van der Waals surface area contributed by atoms with Crippen molar-refractivity contribution in [1.29, 1.82) is 0 Å². The Labute approximate surface area is 192 Å². The van der Waals surface area contributed by atoms with Crippen LogP contribution in [-0.4, -0.2) is 45.2 Å². The zero-order valence-corrected chi connectivity index (χ0v) is 19.8. The van der Waals surface area contributed by atoms with Crippen molar-refractivity contribution >= 4 is 5.97 Å². The van der Waals surface area contributed by atoms with Crippen LogP contribution in [0.5, 0.6) is 0 Å². The molecule has 1 aliphatic heterocycles. The predicted molar refractivity (Wildman–Crippen MR) is 124 cm³/mol. The molecule has 4 aliphatic rings. The van der Waals surface area contributed by atoms with Gasteiger partial charge in [0.05, 0.1) is 12.2 Å². The predicted octanol–water partition coefficient (Wildman–Crippen LogP) is 4.22. The van der Waals surface area contributed by atoms with E-state index in [2.05, 4.69) is 32.6 Å². The van der Waals surface area contributed by atoms with Gasteiger partial charge in [-0.1, -0.05) is 38.2 Å². The van der Waals surface area contributed by atoms with Gasteiger partial charge < -0.3 is 20.1 Å². The van der Waals surface area contributed by atoms with Gasteiger partial charge in [0.2, 0.25) is 0 Å². The largest absolute Gasteiger partial charge is 0.460 e. The molecule has 0 bridgehead atoms. The van der Waals surface area contributed by atoms with Gasteiger partial charge in [-0.3, -0.25) is 0 Å². The van der Waals surface area contributed by atoms with Crippen molar-refractivity contribution in [3.05, 3.63) is 35.5 Å². The third-order valence-corrected chi connectivity index (χ3v) is 8.96. The molecule has 1 saturated heterocycles. The minimum Gasteiger partial charge on any atom is -0.460 e. The lowest BCUT2D eigenvalue weighted by Crippen LogP contribution is -2.36. The second-order valence-corrected chi connectivity index (χ2v) is 11.4. The lowest BCUT2D eigenvalue weighted by molar-refractivity contribution is -0.154. The summed E-state index contributed by atoms with van der Waals surface area (Å²) in [7, 11) is 0. The van der Waals surface area contributed by atoms with Gasteiger partial charge >= 0.3 is 5.97 Å². The van der Waals surface area contributed by atoms with Crippen molar-refractivity contribution in [2.75, 3.05) is 0 Å². The van der Waals surface area contributed by atoms with E-state index >= 15 is 0 Å². The Morgan fingerprint density at radius 2 is 2.00 bits per heavy atom. The van der Waals surface area contributed by atoms with E-state index in [1.807, 2.05) is 0 Å². The number of esters is 1. The summed E-state index contributed by atoms with van der Waals surface area (Å²) < 4.78 is 5.47. The average molecular weight is 445 g/mol. The number of carbonyl (C=O) groups is 1. The molecular formula is C27H40O5. The standard InChI is InChI=1S/C27H40O5/c1-16(12-21-15-27(4,31)25(30)32-21)22-9-10-23-18(6-5-11-26(22,23)3)7-8-19-13-20(28)14-24(29)17(19)2/h7-8,16,20-24,28-29,31H,2,5-6,9-15H2,1,3-4H3/b18-7+,19-8-/t16-,20-,21+,22-,23+,24+,26-,27-/m1/s1. The molecule has 0 aromatic rings. The Kier molecular flexibility index (Phi) is 6.47. The topological polar surface area (TPSA) is 87.0 Å². The number of carbonyl (C=O) groups excluding carboxylic acids is 1. The van der Waals surface area contributed by atoms with Crippen molar-refractivity contribution in [3.8, 4) is 0 Å². The summed E-state index contributed by atoms with van der Waals surface area (Å²) in [4.78, 5) is 11.9. The van der Waals surface area contributed by atoms with Crippen LogP contribution in [0.15, 0.2) is 35.5 Å². The van der Waals surface area contributed by atoms with Crippen LogP contribution in [-0.2, 0) is 9.53 Å². The number of allylic oxidation sites excluding steroid dienone is 3. The Morgan fingerprint density at radius 3 is 2.69 bits per heavy atom. The third kappa shape index (κ3) is 4.36. The molecule has 0 radical (unpaired) electrons. The molecule has 3 aliphatic carbocycles. The lowest BCUT2D eigenvalue weighted by atomic mass is 9.60. The van der Waals surface area contributed by atoms with Crippen molar-refractivity contribution in [2.45, 2.75) is 102 Å². The number of aliphatic hydroxyl groups excluding tert-OH is 2. The van der Waals surface area contributed by atoms with Gasteiger partial charge in [0.1, 0.15) is 6.10 Å². The fourth-order valence-corrected chi connectivity index (χ4v) is 7.24. The second kappa shape index (κ2) is 8.73. The summed E-state index contributed by atoms with van der Waals surface area (Å²) in [5.41, 5.74) is 2.08. The highest BCUT2D eigenvalue weighted by atomic mass is 16.6. The zero-order valence-electron chi connectivity index (χ0n) is 19.8. The molecule has 3 N–H and O–H groups in total. The van der Waals surface area contributed by atoms with E-state index < -0.39 is 23.8 Å². The molecule has 4 rings (SSSR count). The monoisotopic (exact) mass is 444 g/mol. The van der Waals surface area contributed by atoms with E-state index in [9.17, 15) is 20.1 Å². The maximum atomic E-state index is 11.9. The zero-order chi connectivity index (χ0) is 23.3. The van der Waals surface area contributed by atoms with Crippen LogP contribution in [0.25, 0.3) is 0 Å². The molecule has 178 valence electrons. The minimum absolute atomic E-state index is 0.186. The summed E-state index contributed by atoms with van der Waals surface area (Å²) in [6.07, 6.45) is 11.0. The van der Waals surface area contributed by atoms with Crippen molar-refractivity contribution in [1.82, 2.24) is 0 Å². The Morgan fingerprint density at radius 1 is 1.25 bits per heavy atom. The average Bonchev–Trinajstić information content (AvgIpc) is 3.18. The number of fused-ring (bicyclic) bond motifs is 1. The molecule has 4 fully saturated rings. The van der Waals surface area contributed by atoms with E-state index in [0.717, 1.165) is 24.0 Å². The smallest absolute Gasteiger partial charge is 0.338 e. The first-order valence-corrected chi connectivity index (χ1v) is 12.4. The fourth-order valence-electron chi connectivity index (χ4n) is 7.24. The van der Waals surface area contributed by atoms with Gasteiger partial charge in [-0.05, 0) is 86.2 Å². The number of aliphatic hydroxyl groups is 3. The first kappa shape index (κ1) is 23.7. The minimum atomic E-state index is -1.34. The van der Waals surface area contributed by atoms with Gasteiger partial charge in [0, 0.05) is 12.8 Å². The number of hydrogen-bond acceptors (Lipinski definition) is 5. The number of ether oxygens (including phenoxy) is 1. The SMILES string of the molecule is C=C1/C(=C\C=C2/CCC[C@]3(C)[C@@H]([C@H](C)C[C@H]4C[C@@](C)(O)C(=O)O4)CC[C@@H]23)C[C@@H](O)C[C@@H]1O. The molecule has 3 saturated carbocycles. The first-order valence-electron chi connectivity index (χ1n) is 12.4. The number of cyclic esters (lactones) is 1. The molecule has 8 atom stereocenters. The van der Waals surface area contributed by atoms with Crippen molar-refractivity contribution < 1.29 is 24.9 Å². The Hall–Kier alpha value is -1.43. The van der Waals surface area contributed by atoms with Crippen LogP contribution in [0.3, 0.4) is 0 Å². The molecule has 0 unspecified atom stereocenters. The first-order chi connectivity index (χ1) is 15.0. The second-order valence-electron chi connectivity index (χ2n) is 11.4. The normalized spacial score (nSPS) is 45.9. The molecule has 32 heavy (non-hydrogen) atoms. The molecule has 5 nitrogen and oxygen atoms in total. The molecule has 0 aromatic heterocycles. The maximum Gasteiger partial charge on any atom is 0.338 e. The van der Waals surface area contributed by atoms with Crippen molar-refractivity contribution in [3.63, 3.8) is 0 Å².